The molecule has 2 rings (SSSR count). The maximum Gasteiger partial charge on any atom is 0.224 e. The molecule has 22 heavy (non-hydrogen) atoms. The van der Waals surface area contributed by atoms with Gasteiger partial charge in [0.1, 0.15) is 12.4 Å². The normalized spacial score (nSPS) is 17.5. The first-order valence-corrected chi connectivity index (χ1v) is 7.46. The second kappa shape index (κ2) is 9.90. The fourth-order valence-electron chi connectivity index (χ4n) is 2.07. The molecule has 1 amide bonds. The van der Waals surface area contributed by atoms with Crippen molar-refractivity contribution in [2.24, 2.45) is 0 Å². The van der Waals surface area contributed by atoms with Crippen molar-refractivity contribution >= 4 is 29.9 Å². The number of amides is 1. The monoisotopic (exact) mass is 348 g/mol. The average molecular weight is 349 g/mol. The number of halogens is 2. The van der Waals surface area contributed by atoms with Crippen molar-refractivity contribution in [3.8, 4) is 5.75 Å². The maximum absolute atomic E-state index is 12.1. The summed E-state index contributed by atoms with van der Waals surface area (Å²) in [5.41, 5.74) is 0. The Hall–Kier alpha value is -1.01. The molecule has 7 heteroatoms. The Morgan fingerprint density at radius 3 is 2.82 bits per heavy atom. The number of carbonyl (C=O) groups is 1. The van der Waals surface area contributed by atoms with Crippen LogP contribution in [0.25, 0.3) is 0 Å². The summed E-state index contributed by atoms with van der Waals surface area (Å²) in [6.07, 6.45) is 0.456. The molecule has 124 valence electrons. The van der Waals surface area contributed by atoms with Gasteiger partial charge in [-0.2, -0.15) is 0 Å². The van der Waals surface area contributed by atoms with E-state index in [-0.39, 0.29) is 24.4 Å². The van der Waals surface area contributed by atoms with Crippen LogP contribution in [0, 0.1) is 0 Å². The minimum Gasteiger partial charge on any atom is -0.492 e. The van der Waals surface area contributed by atoms with Gasteiger partial charge in [-0.1, -0.05) is 11.6 Å². The molecule has 1 aromatic carbocycles. The van der Waals surface area contributed by atoms with Crippen molar-refractivity contribution in [1.29, 1.82) is 0 Å². The van der Waals surface area contributed by atoms with E-state index in [1.54, 1.807) is 24.1 Å². The number of benzene rings is 1. The number of nitrogens with one attached hydrogen (secondary N) is 1. The van der Waals surface area contributed by atoms with E-state index in [0.717, 1.165) is 18.9 Å². The molecular formula is C15H22Cl2N2O3. The van der Waals surface area contributed by atoms with E-state index in [4.69, 9.17) is 21.1 Å². The third-order valence-electron chi connectivity index (χ3n) is 3.35. The summed E-state index contributed by atoms with van der Waals surface area (Å²) >= 11 is 5.81. The van der Waals surface area contributed by atoms with Crippen LogP contribution in [0.4, 0.5) is 0 Å². The molecule has 5 nitrogen and oxygen atoms in total. The Morgan fingerprint density at radius 2 is 2.18 bits per heavy atom. The largest absolute Gasteiger partial charge is 0.492 e. The Bertz CT molecular complexity index is 451. The summed E-state index contributed by atoms with van der Waals surface area (Å²) in [6, 6.07) is 7.30. The van der Waals surface area contributed by atoms with E-state index in [9.17, 15) is 4.79 Å². The highest BCUT2D eigenvalue weighted by Crippen LogP contribution is 2.15. The van der Waals surface area contributed by atoms with Crippen molar-refractivity contribution in [1.82, 2.24) is 10.2 Å². The Balaban J connectivity index is 0.00000242. The minimum atomic E-state index is 0. The molecule has 0 bridgehead atoms. The first kappa shape index (κ1) is 19.0. The number of ether oxygens (including phenoxy) is 2. The topological polar surface area (TPSA) is 50.8 Å². The fraction of sp³-hybridized carbons (Fsp3) is 0.533. The third kappa shape index (κ3) is 6.40. The summed E-state index contributed by atoms with van der Waals surface area (Å²) in [5, 5.41) is 3.95. The number of rotatable bonds is 6. The molecular weight excluding hydrogens is 327 g/mol. The second-order valence-electron chi connectivity index (χ2n) is 5.05. The third-order valence-corrected chi connectivity index (χ3v) is 3.61. The van der Waals surface area contributed by atoms with E-state index in [1.165, 1.54) is 0 Å². The SMILES string of the molecule is CN(CCOc1ccc(Cl)cc1)C(=O)CC1COCCN1.Cl. The highest BCUT2D eigenvalue weighted by atomic mass is 35.5. The molecule has 1 heterocycles. The van der Waals surface area contributed by atoms with Crippen LogP contribution in [0.5, 0.6) is 5.75 Å². The molecule has 1 saturated heterocycles. The van der Waals surface area contributed by atoms with Crippen LogP contribution in [0.15, 0.2) is 24.3 Å². The number of morpholine rings is 1. The van der Waals surface area contributed by atoms with Gasteiger partial charge in [0.15, 0.2) is 0 Å². The zero-order valence-corrected chi connectivity index (χ0v) is 14.2. The summed E-state index contributed by atoms with van der Waals surface area (Å²) in [5.74, 6) is 0.848. The van der Waals surface area contributed by atoms with Gasteiger partial charge in [-0.3, -0.25) is 4.79 Å². The Kier molecular flexibility index (Phi) is 8.56. The van der Waals surface area contributed by atoms with Gasteiger partial charge in [-0.25, -0.2) is 0 Å². The van der Waals surface area contributed by atoms with Gasteiger partial charge in [-0.05, 0) is 24.3 Å². The Labute approximate surface area is 142 Å². The first-order chi connectivity index (χ1) is 10.1. The number of hydrogen-bond donors (Lipinski definition) is 1. The van der Waals surface area contributed by atoms with Crippen LogP contribution in [0.1, 0.15) is 6.42 Å². The zero-order chi connectivity index (χ0) is 15.1. The quantitative estimate of drug-likeness (QED) is 0.853. The highest BCUT2D eigenvalue weighted by molar-refractivity contribution is 6.30. The fourth-order valence-corrected chi connectivity index (χ4v) is 2.20. The molecule has 1 aromatic rings. The summed E-state index contributed by atoms with van der Waals surface area (Å²) in [6.45, 7) is 3.13. The van der Waals surface area contributed by atoms with Crippen LogP contribution in [0.2, 0.25) is 5.02 Å². The molecule has 0 radical (unpaired) electrons. The van der Waals surface area contributed by atoms with E-state index in [1.807, 2.05) is 12.1 Å². The average Bonchev–Trinajstić information content (AvgIpc) is 2.50. The smallest absolute Gasteiger partial charge is 0.224 e. The van der Waals surface area contributed by atoms with Gasteiger partial charge in [0, 0.05) is 31.1 Å². The highest BCUT2D eigenvalue weighted by Gasteiger charge is 2.19. The van der Waals surface area contributed by atoms with Crippen LogP contribution in [0.3, 0.4) is 0 Å². The van der Waals surface area contributed by atoms with Gasteiger partial charge < -0.3 is 19.7 Å². The summed E-state index contributed by atoms with van der Waals surface area (Å²) in [7, 11) is 1.79. The predicted molar refractivity (Wildman–Crippen MR) is 89.1 cm³/mol. The molecule has 0 aliphatic carbocycles. The standard InChI is InChI=1S/C15H21ClN2O3.ClH/c1-18(15(19)10-13-11-20-8-6-17-13)7-9-21-14-4-2-12(16)3-5-14;/h2-5,13,17H,6-11H2,1H3;1H. The Morgan fingerprint density at radius 1 is 1.45 bits per heavy atom. The lowest BCUT2D eigenvalue weighted by atomic mass is 10.2. The van der Waals surface area contributed by atoms with Gasteiger partial charge >= 0.3 is 0 Å². The zero-order valence-electron chi connectivity index (χ0n) is 12.6. The lowest BCUT2D eigenvalue weighted by molar-refractivity contribution is -0.131. The number of hydrogen-bond acceptors (Lipinski definition) is 4. The van der Waals surface area contributed by atoms with Crippen LogP contribution in [-0.4, -0.2) is 56.8 Å². The number of nitrogens with zero attached hydrogens (tertiary/aromatic N) is 1. The lowest BCUT2D eigenvalue weighted by Gasteiger charge is -2.25. The maximum atomic E-state index is 12.1. The molecule has 0 spiro atoms. The van der Waals surface area contributed by atoms with Gasteiger partial charge in [-0.15, -0.1) is 12.4 Å². The summed E-state index contributed by atoms with van der Waals surface area (Å²) in [4.78, 5) is 13.7. The van der Waals surface area contributed by atoms with E-state index >= 15 is 0 Å². The molecule has 1 aliphatic heterocycles. The minimum absolute atomic E-state index is 0. The van der Waals surface area contributed by atoms with Gasteiger partial charge in [0.2, 0.25) is 5.91 Å². The molecule has 1 atom stereocenters. The molecule has 0 aromatic heterocycles. The van der Waals surface area contributed by atoms with Crippen molar-refractivity contribution in [2.45, 2.75) is 12.5 Å². The van der Waals surface area contributed by atoms with E-state index in [0.29, 0.717) is 31.2 Å². The first-order valence-electron chi connectivity index (χ1n) is 7.08. The molecule has 1 fully saturated rings. The van der Waals surface area contributed by atoms with E-state index in [2.05, 4.69) is 5.32 Å². The van der Waals surface area contributed by atoms with Crippen LogP contribution >= 0.6 is 24.0 Å². The van der Waals surface area contributed by atoms with Crippen molar-refractivity contribution in [3.63, 3.8) is 0 Å². The molecule has 1 unspecified atom stereocenters. The lowest BCUT2D eigenvalue weighted by Crippen LogP contribution is -2.45. The number of carbonyl (C=O) groups excluding carboxylic acids is 1. The molecule has 1 aliphatic rings. The van der Waals surface area contributed by atoms with Crippen molar-refractivity contribution in [2.75, 3.05) is 40.0 Å². The van der Waals surface area contributed by atoms with Crippen LogP contribution in [-0.2, 0) is 9.53 Å². The summed E-state index contributed by atoms with van der Waals surface area (Å²) < 4.78 is 10.9. The molecule has 0 saturated carbocycles. The van der Waals surface area contributed by atoms with Crippen molar-refractivity contribution in [3.05, 3.63) is 29.3 Å². The second-order valence-corrected chi connectivity index (χ2v) is 5.48. The van der Waals surface area contributed by atoms with Gasteiger partial charge in [0.05, 0.1) is 19.8 Å². The van der Waals surface area contributed by atoms with E-state index < -0.39 is 0 Å². The van der Waals surface area contributed by atoms with Crippen molar-refractivity contribution < 1.29 is 14.3 Å². The molecule has 1 N–H and O–H groups in total. The predicted octanol–water partition coefficient (Wildman–Crippen LogP) is 1.98. The number of likely N-dealkylation sites (N-methyl/N-ethyl adjacent to an activating group) is 1. The van der Waals surface area contributed by atoms with Crippen LogP contribution < -0.4 is 10.1 Å². The van der Waals surface area contributed by atoms with Gasteiger partial charge in [0.25, 0.3) is 0 Å².